The van der Waals surface area contributed by atoms with Crippen LogP contribution >= 0.6 is 0 Å². The number of benzene rings is 3. The number of esters is 2. The predicted molar refractivity (Wildman–Crippen MR) is 117 cm³/mol. The molecule has 7 heteroatoms. The summed E-state index contributed by atoms with van der Waals surface area (Å²) in [6.07, 6.45) is -3.24. The molecule has 0 bridgehead atoms. The molecule has 2 aliphatic rings. The third kappa shape index (κ3) is 4.66. The Labute approximate surface area is 190 Å². The molecule has 2 heterocycles. The van der Waals surface area contributed by atoms with E-state index in [1.807, 2.05) is 42.5 Å². The maximum absolute atomic E-state index is 12.8. The van der Waals surface area contributed by atoms with Crippen molar-refractivity contribution < 1.29 is 33.3 Å². The highest BCUT2D eigenvalue weighted by Gasteiger charge is 2.59. The van der Waals surface area contributed by atoms with Crippen LogP contribution in [-0.4, -0.2) is 47.9 Å². The van der Waals surface area contributed by atoms with Gasteiger partial charge in [-0.05, 0) is 36.4 Å². The third-order valence-electron chi connectivity index (χ3n) is 5.59. The molecule has 168 valence electrons. The Morgan fingerprint density at radius 1 is 0.758 bits per heavy atom. The van der Waals surface area contributed by atoms with Crippen LogP contribution in [-0.2, 0) is 18.9 Å². The van der Waals surface area contributed by atoms with Crippen molar-refractivity contribution in [2.24, 2.45) is 0 Å². The largest absolute Gasteiger partial charge is 0.459 e. The molecule has 0 saturated carbocycles. The zero-order valence-electron chi connectivity index (χ0n) is 17.7. The van der Waals surface area contributed by atoms with Crippen molar-refractivity contribution in [3.05, 3.63) is 108 Å². The summed E-state index contributed by atoms with van der Waals surface area (Å²) in [6.45, 7) is -0.0949. The summed E-state index contributed by atoms with van der Waals surface area (Å²) in [6, 6.07) is 26.9. The van der Waals surface area contributed by atoms with Gasteiger partial charge in [0, 0.05) is 0 Å². The molecule has 33 heavy (non-hydrogen) atoms. The minimum atomic E-state index is -0.764. The minimum absolute atomic E-state index is 0.0949. The van der Waals surface area contributed by atoms with Crippen LogP contribution in [0.15, 0.2) is 91.0 Å². The number of ether oxygens (including phenoxy) is 5. The molecule has 5 rings (SSSR count). The van der Waals surface area contributed by atoms with Crippen molar-refractivity contribution in [2.75, 3.05) is 6.61 Å². The van der Waals surface area contributed by atoms with Gasteiger partial charge in [0.2, 0.25) is 18.5 Å². The molecule has 5 atom stereocenters. The Balaban J connectivity index is 1.31. The summed E-state index contributed by atoms with van der Waals surface area (Å²) in [5.74, 6) is -0.980. The van der Waals surface area contributed by atoms with Crippen LogP contribution in [0.3, 0.4) is 0 Å². The number of carbonyl (C=O) groups is 2. The molecule has 0 amide bonds. The van der Waals surface area contributed by atoms with Crippen molar-refractivity contribution in [3.63, 3.8) is 0 Å². The van der Waals surface area contributed by atoms with Gasteiger partial charge in [0.1, 0.15) is 12.7 Å². The van der Waals surface area contributed by atoms with E-state index in [0.29, 0.717) is 11.1 Å². The average Bonchev–Trinajstić information content (AvgIpc) is 3.43. The van der Waals surface area contributed by atoms with Crippen molar-refractivity contribution in [1.82, 2.24) is 0 Å². The van der Waals surface area contributed by atoms with Crippen molar-refractivity contribution in [3.8, 4) is 0 Å². The molecule has 7 nitrogen and oxygen atoms in total. The van der Waals surface area contributed by atoms with Crippen molar-refractivity contribution in [2.45, 2.75) is 30.9 Å². The van der Waals surface area contributed by atoms with Gasteiger partial charge < -0.3 is 18.9 Å². The topological polar surface area (TPSA) is 83.9 Å². The molecule has 0 aromatic heterocycles. The minimum Gasteiger partial charge on any atom is -0.459 e. The van der Waals surface area contributed by atoms with Crippen LogP contribution in [0, 0.1) is 0 Å². The van der Waals surface area contributed by atoms with Gasteiger partial charge in [-0.25, -0.2) is 9.59 Å². The second-order valence-corrected chi connectivity index (χ2v) is 7.78. The van der Waals surface area contributed by atoms with E-state index in [1.165, 1.54) is 0 Å². The first kappa shape index (κ1) is 21.3. The maximum atomic E-state index is 12.8. The summed E-state index contributed by atoms with van der Waals surface area (Å²) >= 11 is 0. The van der Waals surface area contributed by atoms with Gasteiger partial charge in [0.15, 0.2) is 0 Å². The van der Waals surface area contributed by atoms with Crippen LogP contribution in [0.1, 0.15) is 32.6 Å². The Bertz CT molecular complexity index is 1090. The maximum Gasteiger partial charge on any atom is 0.338 e. The van der Waals surface area contributed by atoms with Crippen molar-refractivity contribution in [1.29, 1.82) is 0 Å². The summed E-state index contributed by atoms with van der Waals surface area (Å²) in [5.41, 5.74) is 1.73. The molecule has 2 fully saturated rings. The van der Waals surface area contributed by atoms with E-state index in [2.05, 4.69) is 0 Å². The molecule has 1 N–H and O–H groups in total. The van der Waals surface area contributed by atoms with Gasteiger partial charge in [0.25, 0.3) is 6.29 Å². The van der Waals surface area contributed by atoms with E-state index in [1.54, 1.807) is 48.5 Å². The molecular formula is C26H23O7+. The van der Waals surface area contributed by atoms with Gasteiger partial charge in [0.05, 0.1) is 16.7 Å². The van der Waals surface area contributed by atoms with Crippen LogP contribution in [0.2, 0.25) is 0 Å². The fourth-order valence-corrected chi connectivity index (χ4v) is 3.93. The van der Waals surface area contributed by atoms with Gasteiger partial charge in [-0.15, -0.1) is 0 Å². The second kappa shape index (κ2) is 9.54. The zero-order valence-corrected chi connectivity index (χ0v) is 17.7. The quantitative estimate of drug-likeness (QED) is 0.425. The molecular weight excluding hydrogens is 424 g/mol. The molecule has 2 saturated heterocycles. The number of rotatable bonds is 6. The summed E-state index contributed by atoms with van der Waals surface area (Å²) in [4.78, 5) is 25.2. The fourth-order valence-electron chi connectivity index (χ4n) is 3.93. The Morgan fingerprint density at radius 2 is 1.33 bits per heavy atom. The van der Waals surface area contributed by atoms with E-state index >= 15 is 0 Å². The van der Waals surface area contributed by atoms with Crippen molar-refractivity contribution >= 4 is 11.9 Å². The summed E-state index contributed by atoms with van der Waals surface area (Å²) < 4.78 is 28.0. The lowest BCUT2D eigenvalue weighted by Crippen LogP contribution is -2.40. The Morgan fingerprint density at radius 3 is 1.97 bits per heavy atom. The van der Waals surface area contributed by atoms with Gasteiger partial charge in [-0.2, -0.15) is 0 Å². The molecule has 0 radical (unpaired) electrons. The first-order valence-electron chi connectivity index (χ1n) is 10.7. The normalized spacial score (nSPS) is 25.9. The predicted octanol–water partition coefficient (Wildman–Crippen LogP) is 3.42. The highest BCUT2D eigenvalue weighted by atomic mass is 16.8. The number of aliphatic hydroxyl groups is 2. The molecule has 0 aliphatic carbocycles. The van der Waals surface area contributed by atoms with Crippen LogP contribution < -0.4 is 0 Å². The molecule has 0 spiro atoms. The van der Waals surface area contributed by atoms with Gasteiger partial charge >= 0.3 is 11.9 Å². The van der Waals surface area contributed by atoms with Crippen LogP contribution in [0.5, 0.6) is 0 Å². The lowest BCUT2D eigenvalue weighted by molar-refractivity contribution is -0.229. The van der Waals surface area contributed by atoms with E-state index in [0.717, 1.165) is 5.56 Å². The lowest BCUT2D eigenvalue weighted by Gasteiger charge is -2.21. The monoisotopic (exact) mass is 447 g/mol. The van der Waals surface area contributed by atoms with E-state index < -0.39 is 42.8 Å². The van der Waals surface area contributed by atoms with Crippen LogP contribution in [0.25, 0.3) is 0 Å². The standard InChI is InChI=1S/C26H22O7/c27-23(17-10-4-1-5-11-17)29-16-20-21(31-24(28)18-12-6-2-7-13-18)22-26(30-20)33-25(32-22)19-14-8-3-9-15-19/h1-15,20-22,25-26H,16H2/p+1/t20-,21?,22?,25?,26+/m1/s1. The summed E-state index contributed by atoms with van der Waals surface area (Å²) in [7, 11) is 0. The number of carbonyl (C=O) groups excluding carboxylic acids is 2. The van der Waals surface area contributed by atoms with E-state index in [4.69, 9.17) is 23.7 Å². The molecule has 3 aromatic rings. The first-order chi connectivity index (χ1) is 16.2. The number of hydrogen-bond donors (Lipinski definition) is 0. The Hall–Kier alpha value is -3.52. The zero-order chi connectivity index (χ0) is 22.6. The summed E-state index contributed by atoms with van der Waals surface area (Å²) in [5, 5.41) is 0. The lowest BCUT2D eigenvalue weighted by atomic mass is 10.1. The van der Waals surface area contributed by atoms with E-state index in [9.17, 15) is 9.59 Å². The highest BCUT2D eigenvalue weighted by Crippen LogP contribution is 2.38. The highest BCUT2D eigenvalue weighted by molar-refractivity contribution is 5.90. The first-order valence-corrected chi connectivity index (χ1v) is 10.7. The van der Waals surface area contributed by atoms with Gasteiger partial charge in [-0.3, -0.25) is 4.74 Å². The third-order valence-corrected chi connectivity index (χ3v) is 5.59. The molecule has 2 aliphatic heterocycles. The fraction of sp³-hybridized carbons (Fsp3) is 0.231. The van der Waals surface area contributed by atoms with E-state index in [-0.39, 0.29) is 6.61 Å². The molecule has 3 aromatic carbocycles. The smallest absolute Gasteiger partial charge is 0.338 e. The van der Waals surface area contributed by atoms with Gasteiger partial charge in [-0.1, -0.05) is 54.6 Å². The van der Waals surface area contributed by atoms with Crippen LogP contribution in [0.4, 0.5) is 0 Å². The SMILES string of the molecule is O=C(OC[C@H]1O[C@H]2OC(c3ccccc3)[OH+]C2C1OC(=O)c1ccccc1)c1ccccc1. The Kier molecular flexibility index (Phi) is 6.17. The number of hydrogen-bond acceptors (Lipinski definition) is 6. The average molecular weight is 447 g/mol. The number of fused-ring (bicyclic) bond motifs is 1. The molecule has 3 unspecified atom stereocenters. The second-order valence-electron chi connectivity index (χ2n) is 7.78.